The largest absolute Gasteiger partial charge is 0.348 e. The summed E-state index contributed by atoms with van der Waals surface area (Å²) in [6, 6.07) is 5.83. The van der Waals surface area contributed by atoms with Crippen molar-refractivity contribution in [2.24, 2.45) is 12.8 Å². The van der Waals surface area contributed by atoms with E-state index in [9.17, 15) is 13.2 Å². The fraction of sp³-hybridized carbons (Fsp3) is 0.375. The van der Waals surface area contributed by atoms with Gasteiger partial charge in [-0.1, -0.05) is 0 Å². The standard InChI is InChI=1S/C16H21N5O3S/c1-20-10-12(9-19-20)8-18-16(22)13-2-4-15(5-3-13)25(23,24)21-7-6-14(17)11-21/h2-5,9-10,14H,6-8,11,17H2,1H3,(H,18,22)/t14-/m0/s1. The second-order valence-corrected chi connectivity index (χ2v) is 8.08. The van der Waals surface area contributed by atoms with E-state index in [1.165, 1.54) is 28.6 Å². The van der Waals surface area contributed by atoms with E-state index in [1.807, 2.05) is 6.20 Å². The second kappa shape index (κ2) is 6.95. The van der Waals surface area contributed by atoms with Crippen molar-refractivity contribution in [3.63, 3.8) is 0 Å². The van der Waals surface area contributed by atoms with Crippen molar-refractivity contribution in [3.05, 3.63) is 47.8 Å². The van der Waals surface area contributed by atoms with Gasteiger partial charge in [-0.15, -0.1) is 0 Å². The number of aryl methyl sites for hydroxylation is 1. The van der Waals surface area contributed by atoms with Crippen LogP contribution in [0.3, 0.4) is 0 Å². The number of nitrogens with zero attached hydrogens (tertiary/aromatic N) is 3. The molecule has 3 rings (SSSR count). The van der Waals surface area contributed by atoms with Crippen LogP contribution in [0.25, 0.3) is 0 Å². The monoisotopic (exact) mass is 363 g/mol. The van der Waals surface area contributed by atoms with Crippen LogP contribution in [-0.4, -0.2) is 47.5 Å². The van der Waals surface area contributed by atoms with Crippen LogP contribution in [0.15, 0.2) is 41.6 Å². The van der Waals surface area contributed by atoms with Gasteiger partial charge in [0, 0.05) is 50.0 Å². The average Bonchev–Trinajstić information content (AvgIpc) is 3.21. The highest BCUT2D eigenvalue weighted by Gasteiger charge is 2.30. The number of carbonyl (C=O) groups excluding carboxylic acids is 1. The molecule has 0 bridgehead atoms. The lowest BCUT2D eigenvalue weighted by molar-refractivity contribution is 0.0951. The molecule has 0 radical (unpaired) electrons. The maximum Gasteiger partial charge on any atom is 0.251 e. The number of rotatable bonds is 5. The molecule has 2 aromatic rings. The molecule has 1 atom stereocenters. The number of nitrogens with two attached hydrogens (primary N) is 1. The molecule has 2 heterocycles. The first-order valence-electron chi connectivity index (χ1n) is 7.98. The SMILES string of the molecule is Cn1cc(CNC(=O)c2ccc(S(=O)(=O)N3CC[C@H](N)C3)cc2)cn1. The summed E-state index contributed by atoms with van der Waals surface area (Å²) in [5.74, 6) is -0.268. The summed E-state index contributed by atoms with van der Waals surface area (Å²) in [5.41, 5.74) is 7.07. The molecule has 3 N–H and O–H groups in total. The van der Waals surface area contributed by atoms with Crippen LogP contribution in [0.1, 0.15) is 22.3 Å². The first-order chi connectivity index (χ1) is 11.9. The third-order valence-electron chi connectivity index (χ3n) is 4.15. The summed E-state index contributed by atoms with van der Waals surface area (Å²) < 4.78 is 28.1. The number of aromatic nitrogens is 2. The number of amides is 1. The lowest BCUT2D eigenvalue weighted by atomic mass is 10.2. The van der Waals surface area contributed by atoms with Gasteiger partial charge in [0.2, 0.25) is 10.0 Å². The van der Waals surface area contributed by atoms with Gasteiger partial charge in [0.25, 0.3) is 5.91 Å². The summed E-state index contributed by atoms with van der Waals surface area (Å²) in [7, 11) is -1.75. The minimum atomic E-state index is -3.56. The Bertz CT molecular complexity index is 860. The van der Waals surface area contributed by atoms with E-state index in [2.05, 4.69) is 10.4 Å². The molecule has 1 amide bonds. The van der Waals surface area contributed by atoms with Crippen molar-refractivity contribution in [3.8, 4) is 0 Å². The zero-order chi connectivity index (χ0) is 18.0. The van der Waals surface area contributed by atoms with Gasteiger partial charge in [-0.05, 0) is 30.7 Å². The van der Waals surface area contributed by atoms with Gasteiger partial charge in [0.15, 0.2) is 0 Å². The van der Waals surface area contributed by atoms with Gasteiger partial charge < -0.3 is 11.1 Å². The van der Waals surface area contributed by atoms with E-state index in [1.54, 1.807) is 17.9 Å². The minimum absolute atomic E-state index is 0.118. The maximum absolute atomic E-state index is 12.5. The topological polar surface area (TPSA) is 110 Å². The van der Waals surface area contributed by atoms with Crippen LogP contribution in [-0.2, 0) is 23.6 Å². The number of hydrogen-bond donors (Lipinski definition) is 2. The third kappa shape index (κ3) is 3.89. The molecule has 134 valence electrons. The van der Waals surface area contributed by atoms with Crippen LogP contribution in [0, 0.1) is 0 Å². The smallest absolute Gasteiger partial charge is 0.251 e. The zero-order valence-corrected chi connectivity index (χ0v) is 14.7. The maximum atomic E-state index is 12.5. The van der Waals surface area contributed by atoms with E-state index in [0.29, 0.717) is 31.6 Å². The number of carbonyl (C=O) groups is 1. The van der Waals surface area contributed by atoms with Gasteiger partial charge in [-0.3, -0.25) is 9.48 Å². The first kappa shape index (κ1) is 17.6. The fourth-order valence-corrected chi connectivity index (χ4v) is 4.26. The summed E-state index contributed by atoms with van der Waals surface area (Å²) in [6.45, 7) is 1.12. The molecular formula is C16H21N5O3S. The van der Waals surface area contributed by atoms with E-state index in [0.717, 1.165) is 5.56 Å². The Morgan fingerprint density at radius 2 is 2.08 bits per heavy atom. The van der Waals surface area contributed by atoms with Gasteiger partial charge in [-0.25, -0.2) is 8.42 Å². The second-order valence-electron chi connectivity index (χ2n) is 6.14. The van der Waals surface area contributed by atoms with Crippen molar-refractivity contribution < 1.29 is 13.2 Å². The van der Waals surface area contributed by atoms with E-state index in [-0.39, 0.29) is 16.8 Å². The molecule has 0 aliphatic carbocycles. The Kier molecular flexibility index (Phi) is 4.89. The Labute approximate surface area is 146 Å². The molecule has 0 saturated carbocycles. The lowest BCUT2D eigenvalue weighted by Crippen LogP contribution is -2.32. The highest BCUT2D eigenvalue weighted by Crippen LogP contribution is 2.20. The molecule has 1 saturated heterocycles. The molecule has 25 heavy (non-hydrogen) atoms. The number of sulfonamides is 1. The van der Waals surface area contributed by atoms with Crippen LogP contribution >= 0.6 is 0 Å². The van der Waals surface area contributed by atoms with Crippen LogP contribution in [0.5, 0.6) is 0 Å². The molecular weight excluding hydrogens is 342 g/mol. The summed E-state index contributed by atoms with van der Waals surface area (Å²) >= 11 is 0. The van der Waals surface area contributed by atoms with E-state index < -0.39 is 10.0 Å². The number of benzene rings is 1. The van der Waals surface area contributed by atoms with Crippen LogP contribution in [0.2, 0.25) is 0 Å². The molecule has 1 aromatic carbocycles. The molecule has 0 spiro atoms. The van der Waals surface area contributed by atoms with Crippen molar-refractivity contribution >= 4 is 15.9 Å². The summed E-state index contributed by atoms with van der Waals surface area (Å²) in [6.07, 6.45) is 4.15. The van der Waals surface area contributed by atoms with Crippen LogP contribution in [0.4, 0.5) is 0 Å². The molecule has 1 aliphatic heterocycles. The quantitative estimate of drug-likeness (QED) is 0.781. The predicted molar refractivity (Wildman–Crippen MR) is 92.2 cm³/mol. The highest BCUT2D eigenvalue weighted by molar-refractivity contribution is 7.89. The lowest BCUT2D eigenvalue weighted by Gasteiger charge is -2.16. The molecule has 1 aromatic heterocycles. The Balaban J connectivity index is 1.66. The average molecular weight is 363 g/mol. The van der Waals surface area contributed by atoms with Gasteiger partial charge in [-0.2, -0.15) is 9.40 Å². The fourth-order valence-electron chi connectivity index (χ4n) is 2.75. The van der Waals surface area contributed by atoms with Crippen molar-refractivity contribution in [1.29, 1.82) is 0 Å². The molecule has 1 aliphatic rings. The zero-order valence-electron chi connectivity index (χ0n) is 13.9. The van der Waals surface area contributed by atoms with E-state index in [4.69, 9.17) is 5.73 Å². The summed E-state index contributed by atoms with van der Waals surface area (Å²) in [4.78, 5) is 12.3. The molecule has 0 unspecified atom stereocenters. The van der Waals surface area contributed by atoms with Crippen LogP contribution < -0.4 is 11.1 Å². The molecule has 1 fully saturated rings. The predicted octanol–water partition coefficient (Wildman–Crippen LogP) is 0.0718. The number of hydrogen-bond acceptors (Lipinski definition) is 5. The van der Waals surface area contributed by atoms with Gasteiger partial charge >= 0.3 is 0 Å². The van der Waals surface area contributed by atoms with Gasteiger partial charge in [0.1, 0.15) is 0 Å². The minimum Gasteiger partial charge on any atom is -0.348 e. The summed E-state index contributed by atoms with van der Waals surface area (Å²) in [5, 5.41) is 6.81. The van der Waals surface area contributed by atoms with Crippen molar-refractivity contribution in [2.75, 3.05) is 13.1 Å². The van der Waals surface area contributed by atoms with Crippen molar-refractivity contribution in [2.45, 2.75) is 23.9 Å². The Hall–Kier alpha value is -2.23. The van der Waals surface area contributed by atoms with E-state index >= 15 is 0 Å². The first-order valence-corrected chi connectivity index (χ1v) is 9.42. The van der Waals surface area contributed by atoms with Crippen molar-refractivity contribution in [1.82, 2.24) is 19.4 Å². The molecule has 9 heteroatoms. The highest BCUT2D eigenvalue weighted by atomic mass is 32.2. The molecule has 8 nitrogen and oxygen atoms in total. The van der Waals surface area contributed by atoms with Gasteiger partial charge in [0.05, 0.1) is 11.1 Å². The Morgan fingerprint density at radius 3 is 2.64 bits per heavy atom. The third-order valence-corrected chi connectivity index (χ3v) is 6.03. The number of nitrogens with one attached hydrogen (secondary N) is 1. The Morgan fingerprint density at radius 1 is 1.36 bits per heavy atom. The normalized spacial score (nSPS) is 18.4.